The first-order valence-electron chi connectivity index (χ1n) is 9.50. The third-order valence-corrected chi connectivity index (χ3v) is 4.92. The number of nitrogens with one attached hydrogen (secondary N) is 2. The van der Waals surface area contributed by atoms with Crippen molar-refractivity contribution in [2.45, 2.75) is 33.1 Å². The minimum atomic E-state index is -0.326. The highest BCUT2D eigenvalue weighted by Gasteiger charge is 2.19. The van der Waals surface area contributed by atoms with E-state index in [0.29, 0.717) is 18.5 Å². The van der Waals surface area contributed by atoms with Crippen LogP contribution in [-0.4, -0.2) is 30.8 Å². The molecule has 0 radical (unpaired) electrons. The van der Waals surface area contributed by atoms with Gasteiger partial charge in [0.1, 0.15) is 0 Å². The fourth-order valence-corrected chi connectivity index (χ4v) is 3.33. The van der Waals surface area contributed by atoms with Gasteiger partial charge in [-0.15, -0.1) is 0 Å². The van der Waals surface area contributed by atoms with Gasteiger partial charge >= 0.3 is 0 Å². The van der Waals surface area contributed by atoms with Crippen molar-refractivity contribution in [2.75, 3.05) is 23.3 Å². The van der Waals surface area contributed by atoms with E-state index in [2.05, 4.69) is 10.6 Å². The van der Waals surface area contributed by atoms with Crippen LogP contribution < -0.4 is 15.5 Å². The number of anilines is 2. The Balaban J connectivity index is 1.56. The fourth-order valence-electron chi connectivity index (χ4n) is 3.33. The second-order valence-electron chi connectivity index (χ2n) is 7.05. The minimum absolute atomic E-state index is 0.112. The summed E-state index contributed by atoms with van der Waals surface area (Å²) in [6.45, 7) is 4.45. The number of piperidine rings is 1. The van der Waals surface area contributed by atoms with Gasteiger partial charge in [0.05, 0.1) is 6.54 Å². The lowest BCUT2D eigenvalue weighted by Gasteiger charge is -2.26. The molecule has 0 unspecified atom stereocenters. The Morgan fingerprint density at radius 3 is 2.32 bits per heavy atom. The maximum Gasteiger partial charge on any atom is 0.251 e. The molecule has 1 aliphatic rings. The van der Waals surface area contributed by atoms with Crippen LogP contribution in [0.15, 0.2) is 42.5 Å². The lowest BCUT2D eigenvalue weighted by molar-refractivity contribution is -0.119. The number of hydrogen-bond acceptors (Lipinski definition) is 3. The molecule has 146 valence electrons. The highest BCUT2D eigenvalue weighted by atomic mass is 16.2. The highest BCUT2D eigenvalue weighted by molar-refractivity contribution is 6.00. The number of aryl methyl sites for hydroxylation is 2. The third-order valence-electron chi connectivity index (χ3n) is 4.92. The lowest BCUT2D eigenvalue weighted by Crippen LogP contribution is -2.35. The van der Waals surface area contributed by atoms with Gasteiger partial charge in [0.2, 0.25) is 11.8 Å². The van der Waals surface area contributed by atoms with E-state index < -0.39 is 0 Å². The van der Waals surface area contributed by atoms with E-state index in [1.807, 2.05) is 32.0 Å². The Kier molecular flexibility index (Phi) is 6.09. The predicted octanol–water partition coefficient (Wildman–Crippen LogP) is 3.19. The van der Waals surface area contributed by atoms with Crippen LogP contribution in [0.3, 0.4) is 0 Å². The Morgan fingerprint density at radius 2 is 1.68 bits per heavy atom. The summed E-state index contributed by atoms with van der Waals surface area (Å²) >= 11 is 0. The van der Waals surface area contributed by atoms with Gasteiger partial charge < -0.3 is 15.5 Å². The summed E-state index contributed by atoms with van der Waals surface area (Å²) in [6, 6.07) is 12.7. The smallest absolute Gasteiger partial charge is 0.251 e. The molecule has 28 heavy (non-hydrogen) atoms. The molecule has 1 fully saturated rings. The summed E-state index contributed by atoms with van der Waals surface area (Å²) in [5, 5.41) is 5.48. The summed E-state index contributed by atoms with van der Waals surface area (Å²) in [7, 11) is 0. The lowest BCUT2D eigenvalue weighted by atomic mass is 10.1. The Bertz CT molecular complexity index is 870. The first kappa shape index (κ1) is 19.6. The SMILES string of the molecule is Cc1cccc(C)c1NC(=O)CNC(=O)c1ccc(N2CCCCC2=O)cc1. The van der Waals surface area contributed by atoms with E-state index in [9.17, 15) is 14.4 Å². The third kappa shape index (κ3) is 4.57. The van der Waals surface area contributed by atoms with Crippen molar-refractivity contribution >= 4 is 29.1 Å². The molecule has 0 spiro atoms. The van der Waals surface area contributed by atoms with Crippen LogP contribution in [0.2, 0.25) is 0 Å². The fraction of sp³-hybridized carbons (Fsp3) is 0.318. The van der Waals surface area contributed by atoms with Gasteiger partial charge in [-0.3, -0.25) is 14.4 Å². The molecule has 0 aromatic heterocycles. The molecule has 0 saturated carbocycles. The van der Waals surface area contributed by atoms with E-state index in [4.69, 9.17) is 0 Å². The second kappa shape index (κ2) is 8.69. The number of carbonyl (C=O) groups excluding carboxylic acids is 3. The average molecular weight is 379 g/mol. The molecule has 0 aliphatic carbocycles. The topological polar surface area (TPSA) is 78.5 Å². The maximum atomic E-state index is 12.3. The molecule has 0 atom stereocenters. The summed E-state index contributed by atoms with van der Waals surface area (Å²) in [6.07, 6.45) is 2.49. The van der Waals surface area contributed by atoms with Crippen LogP contribution in [0.1, 0.15) is 40.7 Å². The van der Waals surface area contributed by atoms with Crippen molar-refractivity contribution < 1.29 is 14.4 Å². The van der Waals surface area contributed by atoms with Crippen LogP contribution in [0.4, 0.5) is 11.4 Å². The van der Waals surface area contributed by atoms with E-state index >= 15 is 0 Å². The zero-order chi connectivity index (χ0) is 20.1. The van der Waals surface area contributed by atoms with Gasteiger partial charge in [0.15, 0.2) is 0 Å². The van der Waals surface area contributed by atoms with Gasteiger partial charge in [-0.1, -0.05) is 18.2 Å². The number of rotatable bonds is 5. The summed E-state index contributed by atoms with van der Waals surface area (Å²) in [5.41, 5.74) is 3.98. The van der Waals surface area contributed by atoms with Crippen molar-refractivity contribution in [3.8, 4) is 0 Å². The van der Waals surface area contributed by atoms with Crippen LogP contribution in [0.25, 0.3) is 0 Å². The van der Waals surface area contributed by atoms with Crippen LogP contribution >= 0.6 is 0 Å². The van der Waals surface area contributed by atoms with E-state index in [0.717, 1.165) is 35.3 Å². The molecule has 3 amide bonds. The number of amides is 3. The molecule has 2 aromatic rings. The van der Waals surface area contributed by atoms with Crippen LogP contribution in [0, 0.1) is 13.8 Å². The van der Waals surface area contributed by atoms with Gasteiger partial charge in [0.25, 0.3) is 5.91 Å². The minimum Gasteiger partial charge on any atom is -0.343 e. The highest BCUT2D eigenvalue weighted by Crippen LogP contribution is 2.21. The second-order valence-corrected chi connectivity index (χ2v) is 7.05. The van der Waals surface area contributed by atoms with Crippen LogP contribution in [-0.2, 0) is 9.59 Å². The summed E-state index contributed by atoms with van der Waals surface area (Å²) in [4.78, 5) is 38.2. The number of para-hydroxylation sites is 1. The number of nitrogens with zero attached hydrogens (tertiary/aromatic N) is 1. The average Bonchev–Trinajstić information content (AvgIpc) is 2.69. The van der Waals surface area contributed by atoms with Crippen molar-refractivity contribution in [2.24, 2.45) is 0 Å². The van der Waals surface area contributed by atoms with E-state index in [-0.39, 0.29) is 24.3 Å². The maximum absolute atomic E-state index is 12.3. The first-order chi connectivity index (χ1) is 13.5. The van der Waals surface area contributed by atoms with Gasteiger partial charge in [-0.05, 0) is 62.1 Å². The van der Waals surface area contributed by atoms with Crippen molar-refractivity contribution in [3.05, 3.63) is 59.2 Å². The van der Waals surface area contributed by atoms with Crippen molar-refractivity contribution in [1.82, 2.24) is 5.32 Å². The molecule has 3 rings (SSSR count). The summed E-state index contributed by atoms with van der Waals surface area (Å²) < 4.78 is 0. The number of hydrogen-bond donors (Lipinski definition) is 2. The molecule has 1 saturated heterocycles. The van der Waals surface area contributed by atoms with Crippen molar-refractivity contribution in [1.29, 1.82) is 0 Å². The van der Waals surface area contributed by atoms with Gasteiger partial charge in [-0.2, -0.15) is 0 Å². The molecule has 1 heterocycles. The standard InChI is InChI=1S/C22H25N3O3/c1-15-6-5-7-16(2)21(15)24-19(26)14-23-22(28)17-9-11-18(12-10-17)25-13-4-3-8-20(25)27/h5-7,9-12H,3-4,8,13-14H2,1-2H3,(H,23,28)(H,24,26). The molecular weight excluding hydrogens is 354 g/mol. The van der Waals surface area contributed by atoms with Gasteiger partial charge in [0, 0.05) is 29.9 Å². The van der Waals surface area contributed by atoms with E-state index in [1.165, 1.54) is 0 Å². The van der Waals surface area contributed by atoms with Gasteiger partial charge in [-0.25, -0.2) is 0 Å². The zero-order valence-electron chi connectivity index (χ0n) is 16.2. The van der Waals surface area contributed by atoms with Crippen molar-refractivity contribution in [3.63, 3.8) is 0 Å². The quantitative estimate of drug-likeness (QED) is 0.837. The summed E-state index contributed by atoms with van der Waals surface area (Å²) in [5.74, 6) is -0.485. The largest absolute Gasteiger partial charge is 0.343 e. The first-order valence-corrected chi connectivity index (χ1v) is 9.50. The molecule has 6 heteroatoms. The number of benzene rings is 2. The van der Waals surface area contributed by atoms with E-state index in [1.54, 1.807) is 29.2 Å². The van der Waals surface area contributed by atoms with Crippen LogP contribution in [0.5, 0.6) is 0 Å². The molecule has 0 bridgehead atoms. The molecular formula is C22H25N3O3. The molecule has 2 N–H and O–H groups in total. The molecule has 1 aliphatic heterocycles. The molecule has 6 nitrogen and oxygen atoms in total. The monoisotopic (exact) mass is 379 g/mol. The zero-order valence-corrected chi connectivity index (χ0v) is 16.2. The number of carbonyl (C=O) groups is 3. The Labute approximate surface area is 164 Å². The Hall–Kier alpha value is -3.15. The molecule has 2 aromatic carbocycles. The Morgan fingerprint density at radius 1 is 1.00 bits per heavy atom. The normalized spacial score (nSPS) is 13.9. The predicted molar refractivity (Wildman–Crippen MR) is 110 cm³/mol.